The van der Waals surface area contributed by atoms with Crippen LogP contribution >= 0.6 is 11.8 Å². The Morgan fingerprint density at radius 1 is 1.13 bits per heavy atom. The van der Waals surface area contributed by atoms with Crippen LogP contribution in [0.15, 0.2) is 5.57 Å². The second-order valence-corrected chi connectivity index (χ2v) is 8.42. The van der Waals surface area contributed by atoms with Crippen molar-refractivity contribution in [1.29, 1.82) is 0 Å². The van der Waals surface area contributed by atoms with Crippen LogP contribution in [0.3, 0.4) is 0 Å². The third-order valence-corrected chi connectivity index (χ3v) is 5.10. The summed E-state index contributed by atoms with van der Waals surface area (Å²) in [6.45, 7) is 5.90. The number of piperidine rings is 1. The summed E-state index contributed by atoms with van der Waals surface area (Å²) in [6.07, 6.45) is -6.42. The van der Waals surface area contributed by atoms with Gasteiger partial charge >= 0.3 is 30.3 Å². The third kappa shape index (κ3) is 15.8. The molecule has 2 rings (SSSR count). The Hall–Kier alpha value is -3.22. The second-order valence-electron chi connectivity index (χ2n) is 7.04. The van der Waals surface area contributed by atoms with Crippen LogP contribution in [0.1, 0.15) is 38.9 Å². The Kier molecular flexibility index (Phi) is 15.2. The van der Waals surface area contributed by atoms with Crippen molar-refractivity contribution in [1.82, 2.24) is 25.5 Å². The minimum atomic E-state index is -5.08. The molecule has 1 unspecified atom stereocenters. The van der Waals surface area contributed by atoms with Gasteiger partial charge in [0.1, 0.15) is 0 Å². The molecule has 2 heterocycles. The van der Waals surface area contributed by atoms with E-state index in [0.717, 1.165) is 25.1 Å². The van der Waals surface area contributed by atoms with Gasteiger partial charge in [-0.05, 0) is 43.2 Å². The van der Waals surface area contributed by atoms with Gasteiger partial charge in [0.25, 0.3) is 0 Å². The van der Waals surface area contributed by atoms with Crippen LogP contribution in [0.2, 0.25) is 0 Å². The highest BCUT2D eigenvalue weighted by Crippen LogP contribution is 2.26. The fourth-order valence-corrected chi connectivity index (χ4v) is 3.36. The summed E-state index contributed by atoms with van der Waals surface area (Å²) < 4.78 is 68.4. The molecule has 0 amide bonds. The van der Waals surface area contributed by atoms with E-state index in [9.17, 15) is 35.9 Å². The van der Waals surface area contributed by atoms with Crippen molar-refractivity contribution in [2.24, 2.45) is 0 Å². The number of aromatic nitrogens is 4. The fourth-order valence-electron chi connectivity index (χ4n) is 2.42. The number of carbonyl (C=O) groups is 4. The molecule has 12 nitrogen and oxygen atoms in total. The molecule has 1 saturated heterocycles. The summed E-state index contributed by atoms with van der Waals surface area (Å²) in [4.78, 5) is 41.9. The number of esters is 1. The van der Waals surface area contributed by atoms with E-state index < -0.39 is 24.3 Å². The van der Waals surface area contributed by atoms with Crippen molar-refractivity contribution in [2.45, 2.75) is 57.3 Å². The molecule has 0 radical (unpaired) electrons. The molecule has 1 aliphatic heterocycles. The van der Waals surface area contributed by atoms with Crippen molar-refractivity contribution in [3.05, 3.63) is 11.4 Å². The summed E-state index contributed by atoms with van der Waals surface area (Å²) in [6, 6.07) is 0. The standard InChI is InChI=1S/C15H23N5O3S.2C2HF3O2/c1-3-23-15(22)5-4-8-20-18-14(17-19-20)9-12-10-16-7-6-13(12)24-11(2)21;2*3-2(4,5)1(6)7/h9,13,16H,3-8,10H2,1-2H3;2*(H,6,7)/b12-9+;;. The second kappa shape index (κ2) is 16.6. The number of nitrogens with zero attached hydrogens (tertiary/aromatic N) is 4. The van der Waals surface area contributed by atoms with Gasteiger partial charge in [-0.25, -0.2) is 9.59 Å². The zero-order valence-electron chi connectivity index (χ0n) is 20.0. The molecule has 0 spiro atoms. The third-order valence-electron chi connectivity index (χ3n) is 3.95. The zero-order chi connectivity index (χ0) is 29.5. The first-order chi connectivity index (χ1) is 17.5. The Balaban J connectivity index is 0.000000804. The van der Waals surface area contributed by atoms with Crippen molar-refractivity contribution in [3.8, 4) is 0 Å². The van der Waals surface area contributed by atoms with Gasteiger partial charge in [0, 0.05) is 25.1 Å². The van der Waals surface area contributed by atoms with E-state index in [2.05, 4.69) is 20.7 Å². The van der Waals surface area contributed by atoms with E-state index in [0.29, 0.717) is 31.8 Å². The predicted molar refractivity (Wildman–Crippen MR) is 119 cm³/mol. The number of ether oxygens (including phenoxy) is 1. The summed E-state index contributed by atoms with van der Waals surface area (Å²) in [5.74, 6) is -5.20. The number of hydrogen-bond donors (Lipinski definition) is 3. The Morgan fingerprint density at radius 3 is 2.16 bits per heavy atom. The van der Waals surface area contributed by atoms with Crippen molar-refractivity contribution >= 4 is 40.9 Å². The normalized spacial score (nSPS) is 16.4. The molecule has 1 aromatic rings. The summed E-state index contributed by atoms with van der Waals surface area (Å²) in [5.41, 5.74) is 1.10. The number of rotatable bonds is 7. The SMILES string of the molecule is CCOC(=O)CCCn1nnc(/C=C2\CNCCC2SC(C)=O)n1.O=C(O)C(F)(F)F.O=C(O)C(F)(F)F. The lowest BCUT2D eigenvalue weighted by Gasteiger charge is -2.24. The summed E-state index contributed by atoms with van der Waals surface area (Å²) in [5, 5.41) is 30.2. The van der Waals surface area contributed by atoms with Gasteiger partial charge in [-0.2, -0.15) is 31.1 Å². The van der Waals surface area contributed by atoms with E-state index in [1.54, 1.807) is 13.8 Å². The molecule has 19 heteroatoms. The Morgan fingerprint density at radius 2 is 1.68 bits per heavy atom. The zero-order valence-corrected chi connectivity index (χ0v) is 20.8. The summed E-state index contributed by atoms with van der Waals surface area (Å²) in [7, 11) is 0. The van der Waals surface area contributed by atoms with Crippen LogP contribution in [-0.4, -0.2) is 90.7 Å². The molecule has 1 aromatic heterocycles. The average molecular weight is 581 g/mol. The van der Waals surface area contributed by atoms with Gasteiger partial charge in [0.05, 0.1) is 13.2 Å². The minimum absolute atomic E-state index is 0.114. The number of carboxylic acid groups (broad SMARTS) is 2. The minimum Gasteiger partial charge on any atom is -0.475 e. The Labute approximate surface area is 215 Å². The maximum Gasteiger partial charge on any atom is 0.490 e. The predicted octanol–water partition coefficient (Wildman–Crippen LogP) is 2.31. The number of nitrogens with one attached hydrogen (secondary N) is 1. The van der Waals surface area contributed by atoms with E-state index in [1.807, 2.05) is 6.08 Å². The molecule has 1 aliphatic rings. The van der Waals surface area contributed by atoms with Gasteiger partial charge in [-0.1, -0.05) is 11.8 Å². The molecule has 3 N–H and O–H groups in total. The number of halogens is 6. The number of carboxylic acids is 2. The maximum atomic E-state index is 11.4. The van der Waals surface area contributed by atoms with Crippen LogP contribution in [0.4, 0.5) is 26.3 Å². The number of aliphatic carboxylic acids is 2. The molecule has 1 fully saturated rings. The number of thioether (sulfide) groups is 1. The van der Waals surface area contributed by atoms with Crippen LogP contribution in [-0.2, 0) is 30.5 Å². The van der Waals surface area contributed by atoms with Gasteiger partial charge < -0.3 is 20.3 Å². The van der Waals surface area contributed by atoms with Crippen LogP contribution < -0.4 is 5.32 Å². The van der Waals surface area contributed by atoms with E-state index in [-0.39, 0.29) is 16.3 Å². The van der Waals surface area contributed by atoms with E-state index in [4.69, 9.17) is 24.5 Å². The highest BCUT2D eigenvalue weighted by Gasteiger charge is 2.38. The lowest BCUT2D eigenvalue weighted by atomic mass is 10.1. The smallest absolute Gasteiger partial charge is 0.475 e. The number of carbonyl (C=O) groups excluding carboxylic acids is 2. The number of aryl methyl sites for hydroxylation is 1. The maximum absolute atomic E-state index is 11.4. The Bertz CT molecular complexity index is 945. The number of hydrogen-bond acceptors (Lipinski definition) is 10. The highest BCUT2D eigenvalue weighted by molar-refractivity contribution is 8.14. The molecule has 0 aromatic carbocycles. The molecule has 0 saturated carbocycles. The van der Waals surface area contributed by atoms with Gasteiger partial charge in [-0.3, -0.25) is 9.59 Å². The molecular weight excluding hydrogens is 556 g/mol. The first-order valence-corrected chi connectivity index (χ1v) is 11.5. The topological polar surface area (TPSA) is 174 Å². The first kappa shape index (κ1) is 34.8. The van der Waals surface area contributed by atoms with Crippen molar-refractivity contribution in [3.63, 3.8) is 0 Å². The molecule has 216 valence electrons. The monoisotopic (exact) mass is 581 g/mol. The first-order valence-electron chi connectivity index (χ1n) is 10.6. The quantitative estimate of drug-likeness (QED) is 0.317. The van der Waals surface area contributed by atoms with E-state index >= 15 is 0 Å². The lowest BCUT2D eigenvalue weighted by Crippen LogP contribution is -2.32. The molecule has 38 heavy (non-hydrogen) atoms. The van der Waals surface area contributed by atoms with Crippen LogP contribution in [0.25, 0.3) is 6.08 Å². The van der Waals surface area contributed by atoms with Gasteiger partial charge in [0.15, 0.2) is 10.9 Å². The van der Waals surface area contributed by atoms with Gasteiger partial charge in [0.2, 0.25) is 0 Å². The lowest BCUT2D eigenvalue weighted by molar-refractivity contribution is -0.193. The van der Waals surface area contributed by atoms with Crippen molar-refractivity contribution < 1.29 is 60.5 Å². The van der Waals surface area contributed by atoms with Crippen LogP contribution in [0, 0.1) is 0 Å². The van der Waals surface area contributed by atoms with Crippen LogP contribution in [0.5, 0.6) is 0 Å². The average Bonchev–Trinajstić information content (AvgIpc) is 3.21. The fraction of sp³-hybridized carbons (Fsp3) is 0.632. The highest BCUT2D eigenvalue weighted by atomic mass is 32.2. The number of tetrazole rings is 1. The van der Waals surface area contributed by atoms with Crippen molar-refractivity contribution in [2.75, 3.05) is 19.7 Å². The molecular formula is C19H25F6N5O7S. The number of alkyl halides is 6. The molecule has 0 aliphatic carbocycles. The molecule has 0 bridgehead atoms. The summed E-state index contributed by atoms with van der Waals surface area (Å²) >= 11 is 1.35. The molecule has 1 atom stereocenters. The van der Waals surface area contributed by atoms with Gasteiger partial charge in [-0.15, -0.1) is 10.2 Å². The largest absolute Gasteiger partial charge is 0.490 e. The van der Waals surface area contributed by atoms with E-state index in [1.165, 1.54) is 16.6 Å².